The first-order valence-electron chi connectivity index (χ1n) is 12.3. The molecule has 0 unspecified atom stereocenters. The maximum Gasteiger partial charge on any atom is 0.252 e. The maximum atomic E-state index is 14.9. The van der Waals surface area contributed by atoms with Crippen molar-refractivity contribution >= 4 is 34.1 Å². The van der Waals surface area contributed by atoms with Gasteiger partial charge in [0.1, 0.15) is 23.7 Å². The van der Waals surface area contributed by atoms with Crippen molar-refractivity contribution in [2.24, 2.45) is 11.5 Å². The van der Waals surface area contributed by atoms with E-state index in [1.165, 1.54) is 0 Å². The van der Waals surface area contributed by atoms with Crippen LogP contribution in [0.3, 0.4) is 0 Å². The molecular weight excluding hydrogens is 471 g/mol. The summed E-state index contributed by atoms with van der Waals surface area (Å²) in [5, 5.41) is 7.10. The quantitative estimate of drug-likeness (QED) is 0.272. The minimum absolute atomic E-state index is 0.0258. The molecule has 2 aromatic carbocycles. The van der Waals surface area contributed by atoms with Gasteiger partial charge in [-0.1, -0.05) is 49.2 Å². The summed E-state index contributed by atoms with van der Waals surface area (Å²) in [4.78, 5) is 21.0. The number of benzene rings is 2. The predicted molar refractivity (Wildman–Crippen MR) is 142 cm³/mol. The first-order chi connectivity index (χ1) is 18.0. The molecule has 5 rings (SSSR count). The largest absolute Gasteiger partial charge is 0.487 e. The molecule has 0 spiro atoms. The normalized spacial score (nSPS) is 17.4. The zero-order valence-electron chi connectivity index (χ0n) is 20.3. The van der Waals surface area contributed by atoms with E-state index in [0.717, 1.165) is 42.7 Å². The number of fused-ring (bicyclic) bond motifs is 1. The maximum absolute atomic E-state index is 14.9. The van der Waals surface area contributed by atoms with E-state index in [2.05, 4.69) is 20.6 Å². The summed E-state index contributed by atoms with van der Waals surface area (Å²) in [6, 6.07) is 18.1. The minimum atomic E-state index is -0.794. The second-order valence-electron chi connectivity index (χ2n) is 9.23. The lowest BCUT2D eigenvalue weighted by Crippen LogP contribution is -2.43. The van der Waals surface area contributed by atoms with Gasteiger partial charge in [0.05, 0.1) is 5.56 Å². The first kappa shape index (κ1) is 24.5. The monoisotopic (exact) mass is 500 g/mol. The van der Waals surface area contributed by atoms with Crippen molar-refractivity contribution in [1.82, 2.24) is 9.97 Å². The van der Waals surface area contributed by atoms with E-state index in [1.54, 1.807) is 12.3 Å². The fourth-order valence-corrected chi connectivity index (χ4v) is 4.60. The Morgan fingerprint density at radius 3 is 2.65 bits per heavy atom. The summed E-state index contributed by atoms with van der Waals surface area (Å²) in [6.07, 6.45) is 5.44. The molecule has 0 bridgehead atoms. The molecule has 0 saturated heterocycles. The van der Waals surface area contributed by atoms with Gasteiger partial charge in [-0.25, -0.2) is 9.37 Å². The number of amides is 1. The molecule has 4 aromatic rings. The average molecular weight is 501 g/mol. The van der Waals surface area contributed by atoms with Crippen LogP contribution >= 0.6 is 0 Å². The molecule has 8 nitrogen and oxygen atoms in total. The highest BCUT2D eigenvalue weighted by Gasteiger charge is 2.24. The summed E-state index contributed by atoms with van der Waals surface area (Å²) >= 11 is 0. The van der Waals surface area contributed by atoms with Crippen LogP contribution in [0.5, 0.6) is 5.75 Å². The van der Waals surface area contributed by atoms with Crippen LogP contribution in [0, 0.1) is 5.82 Å². The Morgan fingerprint density at radius 2 is 1.86 bits per heavy atom. The van der Waals surface area contributed by atoms with Crippen molar-refractivity contribution in [3.63, 3.8) is 0 Å². The van der Waals surface area contributed by atoms with Gasteiger partial charge in [-0.15, -0.1) is 0 Å². The Bertz CT molecular complexity index is 1410. The number of anilines is 3. The van der Waals surface area contributed by atoms with Crippen molar-refractivity contribution < 1.29 is 13.9 Å². The summed E-state index contributed by atoms with van der Waals surface area (Å²) in [7, 11) is 0. The van der Waals surface area contributed by atoms with E-state index in [1.807, 2.05) is 48.5 Å². The molecule has 1 saturated carbocycles. The highest BCUT2D eigenvalue weighted by molar-refractivity contribution is 5.99. The van der Waals surface area contributed by atoms with Gasteiger partial charge in [-0.2, -0.15) is 0 Å². The number of nitrogens with two attached hydrogens (primary N) is 2. The summed E-state index contributed by atoms with van der Waals surface area (Å²) in [5.74, 6) is -0.737. The Kier molecular flexibility index (Phi) is 7.14. The van der Waals surface area contributed by atoms with Crippen molar-refractivity contribution in [3.05, 3.63) is 83.8 Å². The van der Waals surface area contributed by atoms with Gasteiger partial charge in [0.2, 0.25) is 0 Å². The Hall–Kier alpha value is -4.24. The van der Waals surface area contributed by atoms with Gasteiger partial charge in [0, 0.05) is 35.4 Å². The molecule has 1 fully saturated rings. The number of rotatable bonds is 8. The molecule has 0 aliphatic heterocycles. The Morgan fingerprint density at radius 1 is 1.05 bits per heavy atom. The van der Waals surface area contributed by atoms with E-state index in [0.29, 0.717) is 23.6 Å². The number of pyridine rings is 2. The van der Waals surface area contributed by atoms with Crippen LogP contribution in [-0.4, -0.2) is 28.0 Å². The van der Waals surface area contributed by atoms with E-state index in [9.17, 15) is 9.18 Å². The molecule has 6 N–H and O–H groups in total. The molecule has 0 radical (unpaired) electrons. The molecule has 1 aliphatic rings. The number of carbonyl (C=O) groups excluding carboxylic acids is 1. The van der Waals surface area contributed by atoms with Crippen LogP contribution < -0.4 is 26.8 Å². The second-order valence-corrected chi connectivity index (χ2v) is 9.23. The summed E-state index contributed by atoms with van der Waals surface area (Å²) in [6.45, 7) is 0.354. The number of primary amides is 1. The van der Waals surface area contributed by atoms with Gasteiger partial charge in [-0.05, 0) is 36.6 Å². The van der Waals surface area contributed by atoms with E-state index < -0.39 is 11.7 Å². The Balaban J connectivity index is 1.48. The van der Waals surface area contributed by atoms with E-state index in [4.69, 9.17) is 16.2 Å². The van der Waals surface area contributed by atoms with Gasteiger partial charge < -0.3 is 26.8 Å². The van der Waals surface area contributed by atoms with Crippen LogP contribution in [0.1, 0.15) is 41.6 Å². The molecule has 2 aromatic heterocycles. The second kappa shape index (κ2) is 10.8. The molecule has 190 valence electrons. The van der Waals surface area contributed by atoms with Crippen LogP contribution in [0.15, 0.2) is 66.9 Å². The lowest BCUT2D eigenvalue weighted by Gasteiger charge is -2.30. The number of aromatic nitrogens is 2. The van der Waals surface area contributed by atoms with Crippen molar-refractivity contribution in [2.45, 2.75) is 44.4 Å². The van der Waals surface area contributed by atoms with Crippen molar-refractivity contribution in [3.8, 4) is 5.75 Å². The van der Waals surface area contributed by atoms with Crippen LogP contribution in [0.25, 0.3) is 10.9 Å². The van der Waals surface area contributed by atoms with E-state index in [-0.39, 0.29) is 29.3 Å². The van der Waals surface area contributed by atoms with Gasteiger partial charge in [0.25, 0.3) is 5.91 Å². The first-order valence-corrected chi connectivity index (χ1v) is 12.3. The fraction of sp³-hybridized carbons (Fsp3) is 0.250. The molecular formula is C28H29FN6O2. The van der Waals surface area contributed by atoms with Crippen molar-refractivity contribution in [1.29, 1.82) is 0 Å². The highest BCUT2D eigenvalue weighted by Crippen LogP contribution is 2.32. The number of hydrogen-bond acceptors (Lipinski definition) is 7. The van der Waals surface area contributed by atoms with Gasteiger partial charge >= 0.3 is 0 Å². The summed E-state index contributed by atoms with van der Waals surface area (Å²) < 4.78 is 21.0. The Labute approximate surface area is 214 Å². The van der Waals surface area contributed by atoms with Crippen LogP contribution in [0.2, 0.25) is 0 Å². The molecule has 1 amide bonds. The number of ether oxygens (including phenoxy) is 1. The third-order valence-electron chi connectivity index (χ3n) is 6.55. The lowest BCUT2D eigenvalue weighted by atomic mass is 9.91. The van der Waals surface area contributed by atoms with E-state index >= 15 is 0 Å². The third kappa shape index (κ3) is 5.62. The van der Waals surface area contributed by atoms with Crippen LogP contribution in [-0.2, 0) is 6.61 Å². The molecule has 37 heavy (non-hydrogen) atoms. The molecule has 9 heteroatoms. The van der Waals surface area contributed by atoms with Crippen LogP contribution in [0.4, 0.5) is 21.7 Å². The predicted octanol–water partition coefficient (Wildman–Crippen LogP) is 4.87. The lowest BCUT2D eigenvalue weighted by molar-refractivity contribution is 0.100. The number of carbonyl (C=O) groups is 1. The van der Waals surface area contributed by atoms with Gasteiger partial charge in [0.15, 0.2) is 11.6 Å². The SMILES string of the molecule is NC(=O)c1cc(F)c(N[C@H]2CCCC[C@H]2N)nc1Nc1cc(OCc2ccccc2)c2ncccc2c1. The topological polar surface area (TPSA) is 128 Å². The molecule has 2 atom stereocenters. The third-order valence-corrected chi connectivity index (χ3v) is 6.55. The number of nitrogens with zero attached hydrogens (tertiary/aromatic N) is 2. The smallest absolute Gasteiger partial charge is 0.252 e. The molecule has 2 heterocycles. The number of hydrogen-bond donors (Lipinski definition) is 4. The standard InChI is InChI=1S/C28H29FN6O2/c29-21-15-20(26(31)36)27(35-28(21)34-23-11-5-4-10-22(23)30)33-19-13-18-9-6-12-32-25(18)24(14-19)37-16-17-7-2-1-3-8-17/h1-3,6-9,12-15,22-23H,4-5,10-11,16,30H2,(H2,31,36)(H2,33,34,35)/t22-,23+/m1/s1. The number of nitrogens with one attached hydrogen (secondary N) is 2. The zero-order chi connectivity index (χ0) is 25.8. The van der Waals surface area contributed by atoms with Crippen molar-refractivity contribution in [2.75, 3.05) is 10.6 Å². The van der Waals surface area contributed by atoms with Gasteiger partial charge in [-0.3, -0.25) is 9.78 Å². The fourth-order valence-electron chi connectivity index (χ4n) is 4.60. The number of halogens is 1. The zero-order valence-corrected chi connectivity index (χ0v) is 20.3. The minimum Gasteiger partial charge on any atom is -0.487 e. The molecule has 1 aliphatic carbocycles. The average Bonchev–Trinajstić information content (AvgIpc) is 2.90. The highest BCUT2D eigenvalue weighted by atomic mass is 19.1. The summed E-state index contributed by atoms with van der Waals surface area (Å²) in [5.41, 5.74) is 14.0.